The van der Waals surface area contributed by atoms with Gasteiger partial charge < -0.3 is 5.32 Å². The van der Waals surface area contributed by atoms with Crippen LogP contribution in [0.2, 0.25) is 5.02 Å². The first-order valence-electron chi connectivity index (χ1n) is 6.00. The fourth-order valence-corrected chi connectivity index (χ4v) is 2.92. The molecule has 0 spiro atoms. The number of para-hydroxylation sites is 1. The first-order chi connectivity index (χ1) is 10.1. The number of thiazole rings is 1. The van der Waals surface area contributed by atoms with Crippen molar-refractivity contribution in [3.05, 3.63) is 53.3 Å². The van der Waals surface area contributed by atoms with Gasteiger partial charge in [0.1, 0.15) is 11.3 Å². The molecule has 4 nitrogen and oxygen atoms in total. The van der Waals surface area contributed by atoms with Gasteiger partial charge in [0, 0.05) is 5.69 Å². The Morgan fingerprint density at radius 3 is 2.62 bits per heavy atom. The largest absolute Gasteiger partial charge is 0.325 e. The summed E-state index contributed by atoms with van der Waals surface area (Å²) in [5.41, 5.74) is 1.15. The van der Waals surface area contributed by atoms with E-state index in [0.717, 1.165) is 4.70 Å². The highest BCUT2D eigenvalue weighted by atomic mass is 35.5. The molecule has 0 radical (unpaired) electrons. The number of benzene rings is 2. The zero-order chi connectivity index (χ0) is 14.8. The maximum Gasteiger partial charge on any atom is 0.325 e. The van der Waals surface area contributed by atoms with E-state index in [1.54, 1.807) is 6.07 Å². The molecule has 0 aliphatic carbocycles. The Bertz CT molecular complexity index is 804. The third-order valence-electron chi connectivity index (χ3n) is 2.69. The third kappa shape index (κ3) is 3.12. The van der Waals surface area contributed by atoms with Crippen molar-refractivity contribution in [3.63, 3.8) is 0 Å². The van der Waals surface area contributed by atoms with E-state index in [9.17, 15) is 9.18 Å². The van der Waals surface area contributed by atoms with E-state index in [2.05, 4.69) is 15.6 Å². The van der Waals surface area contributed by atoms with E-state index in [-0.39, 0.29) is 5.82 Å². The zero-order valence-corrected chi connectivity index (χ0v) is 12.1. The minimum atomic E-state index is -0.447. The van der Waals surface area contributed by atoms with Gasteiger partial charge in [-0.25, -0.2) is 14.2 Å². The molecule has 0 saturated heterocycles. The monoisotopic (exact) mass is 321 g/mol. The van der Waals surface area contributed by atoms with Gasteiger partial charge in [-0.05, 0) is 36.4 Å². The number of anilines is 2. The molecule has 1 heterocycles. The Kier molecular flexibility index (Phi) is 3.72. The van der Waals surface area contributed by atoms with Crippen LogP contribution < -0.4 is 10.6 Å². The van der Waals surface area contributed by atoms with Gasteiger partial charge in [0.25, 0.3) is 0 Å². The quantitative estimate of drug-likeness (QED) is 0.716. The van der Waals surface area contributed by atoms with Gasteiger partial charge in [-0.3, -0.25) is 5.32 Å². The number of carbonyl (C=O) groups is 1. The van der Waals surface area contributed by atoms with Gasteiger partial charge in [0.15, 0.2) is 5.13 Å². The Balaban J connectivity index is 1.74. The van der Waals surface area contributed by atoms with Gasteiger partial charge >= 0.3 is 6.03 Å². The fraction of sp³-hybridized carbons (Fsp3) is 0. The van der Waals surface area contributed by atoms with Crippen molar-refractivity contribution >= 4 is 50.0 Å². The summed E-state index contributed by atoms with van der Waals surface area (Å²) in [5.74, 6) is -0.359. The van der Waals surface area contributed by atoms with Crippen LogP contribution in [0.1, 0.15) is 0 Å². The van der Waals surface area contributed by atoms with E-state index >= 15 is 0 Å². The molecule has 0 aliphatic heterocycles. The predicted octanol–water partition coefficient (Wildman–Crippen LogP) is 4.73. The lowest BCUT2D eigenvalue weighted by atomic mass is 10.3. The van der Waals surface area contributed by atoms with Crippen LogP contribution in [0, 0.1) is 5.82 Å². The molecule has 3 aromatic rings. The number of nitrogens with one attached hydrogen (secondary N) is 2. The summed E-state index contributed by atoms with van der Waals surface area (Å²) in [6.45, 7) is 0. The fourth-order valence-electron chi connectivity index (χ4n) is 1.76. The maximum atomic E-state index is 12.8. The standard InChI is InChI=1S/C14H9ClFN3OS/c15-10-2-1-3-11-12(10)18-14(21-11)19-13(20)17-9-6-4-8(16)5-7-9/h1-7H,(H2,17,18,19,20). The van der Waals surface area contributed by atoms with Gasteiger partial charge in [0.2, 0.25) is 0 Å². The first kappa shape index (κ1) is 13.8. The lowest BCUT2D eigenvalue weighted by Gasteiger charge is -2.04. The Labute approximate surface area is 128 Å². The molecule has 0 saturated carbocycles. The number of hydrogen-bond donors (Lipinski definition) is 2. The number of hydrogen-bond acceptors (Lipinski definition) is 3. The van der Waals surface area contributed by atoms with Crippen LogP contribution in [-0.2, 0) is 0 Å². The van der Waals surface area contributed by atoms with Crippen LogP contribution in [0.4, 0.5) is 20.0 Å². The molecule has 7 heteroatoms. The van der Waals surface area contributed by atoms with Crippen LogP contribution in [0.25, 0.3) is 10.2 Å². The summed E-state index contributed by atoms with van der Waals surface area (Å²) in [6.07, 6.45) is 0. The lowest BCUT2D eigenvalue weighted by molar-refractivity contribution is 0.262. The van der Waals surface area contributed by atoms with Crippen molar-refractivity contribution in [3.8, 4) is 0 Å². The summed E-state index contributed by atoms with van der Waals surface area (Å²) in [6, 6.07) is 10.5. The second-order valence-electron chi connectivity index (χ2n) is 4.19. The molecule has 106 valence electrons. The number of urea groups is 1. The second kappa shape index (κ2) is 5.67. The third-order valence-corrected chi connectivity index (χ3v) is 3.93. The van der Waals surface area contributed by atoms with E-state index in [1.807, 2.05) is 12.1 Å². The highest BCUT2D eigenvalue weighted by molar-refractivity contribution is 7.22. The summed E-state index contributed by atoms with van der Waals surface area (Å²) in [7, 11) is 0. The molecule has 2 N–H and O–H groups in total. The predicted molar refractivity (Wildman–Crippen MR) is 83.7 cm³/mol. The maximum absolute atomic E-state index is 12.8. The van der Waals surface area contributed by atoms with Gasteiger partial charge in [-0.2, -0.15) is 0 Å². The van der Waals surface area contributed by atoms with Crippen LogP contribution in [0.5, 0.6) is 0 Å². The molecular weight excluding hydrogens is 313 g/mol. The molecule has 1 aromatic heterocycles. The minimum Gasteiger partial charge on any atom is -0.308 e. The summed E-state index contributed by atoms with van der Waals surface area (Å²) >= 11 is 7.36. The molecule has 0 unspecified atom stereocenters. The Hall–Kier alpha value is -2.18. The van der Waals surface area contributed by atoms with Crippen molar-refractivity contribution in [2.24, 2.45) is 0 Å². The highest BCUT2D eigenvalue weighted by Crippen LogP contribution is 2.30. The average molecular weight is 322 g/mol. The number of rotatable bonds is 2. The number of amides is 2. The SMILES string of the molecule is O=C(Nc1ccc(F)cc1)Nc1nc2c(Cl)cccc2s1. The molecule has 0 atom stereocenters. The molecule has 2 aromatic carbocycles. The van der Waals surface area contributed by atoms with Gasteiger partial charge in [0.05, 0.1) is 9.72 Å². The Morgan fingerprint density at radius 1 is 1.14 bits per heavy atom. The molecule has 2 amide bonds. The van der Waals surface area contributed by atoms with Crippen molar-refractivity contribution in [2.75, 3.05) is 10.6 Å². The van der Waals surface area contributed by atoms with E-state index in [0.29, 0.717) is 21.4 Å². The lowest BCUT2D eigenvalue weighted by Crippen LogP contribution is -2.19. The van der Waals surface area contributed by atoms with E-state index in [1.165, 1.54) is 35.6 Å². The van der Waals surface area contributed by atoms with Crippen molar-refractivity contribution in [1.29, 1.82) is 0 Å². The van der Waals surface area contributed by atoms with Crippen LogP contribution in [-0.4, -0.2) is 11.0 Å². The molecule has 3 rings (SSSR count). The second-order valence-corrected chi connectivity index (χ2v) is 5.63. The van der Waals surface area contributed by atoms with Crippen LogP contribution in [0.15, 0.2) is 42.5 Å². The van der Waals surface area contributed by atoms with E-state index in [4.69, 9.17) is 11.6 Å². The van der Waals surface area contributed by atoms with Crippen molar-refractivity contribution in [2.45, 2.75) is 0 Å². The van der Waals surface area contributed by atoms with Crippen molar-refractivity contribution in [1.82, 2.24) is 4.98 Å². The summed E-state index contributed by atoms with van der Waals surface area (Å²) in [5, 5.41) is 6.20. The molecular formula is C14H9ClFN3OS. The zero-order valence-electron chi connectivity index (χ0n) is 10.6. The molecule has 21 heavy (non-hydrogen) atoms. The number of carbonyl (C=O) groups excluding carboxylic acids is 1. The van der Waals surface area contributed by atoms with Gasteiger partial charge in [-0.1, -0.05) is 29.0 Å². The Morgan fingerprint density at radius 2 is 1.90 bits per heavy atom. The molecule has 0 aliphatic rings. The van der Waals surface area contributed by atoms with Crippen LogP contribution in [0.3, 0.4) is 0 Å². The van der Waals surface area contributed by atoms with E-state index < -0.39 is 6.03 Å². The number of halogens is 2. The minimum absolute atomic E-state index is 0.359. The molecule has 0 fully saturated rings. The number of nitrogens with zero attached hydrogens (tertiary/aromatic N) is 1. The normalized spacial score (nSPS) is 10.6. The average Bonchev–Trinajstić information content (AvgIpc) is 2.85. The topological polar surface area (TPSA) is 54.0 Å². The molecule has 0 bridgehead atoms. The van der Waals surface area contributed by atoms with Crippen LogP contribution >= 0.6 is 22.9 Å². The summed E-state index contributed by atoms with van der Waals surface area (Å²) < 4.78 is 13.7. The van der Waals surface area contributed by atoms with Crippen molar-refractivity contribution < 1.29 is 9.18 Å². The van der Waals surface area contributed by atoms with Gasteiger partial charge in [-0.15, -0.1) is 0 Å². The number of fused-ring (bicyclic) bond motifs is 1. The first-order valence-corrected chi connectivity index (χ1v) is 7.20. The smallest absolute Gasteiger partial charge is 0.308 e. The number of aromatic nitrogens is 1. The highest BCUT2D eigenvalue weighted by Gasteiger charge is 2.09. The summed E-state index contributed by atoms with van der Waals surface area (Å²) in [4.78, 5) is 16.1.